The molecule has 3 nitrogen and oxygen atoms in total. The van der Waals surface area contributed by atoms with Crippen LogP contribution in [0.3, 0.4) is 0 Å². The van der Waals surface area contributed by atoms with Gasteiger partial charge in [-0.25, -0.2) is 5.84 Å². The van der Waals surface area contributed by atoms with Crippen LogP contribution in [0.1, 0.15) is 33.6 Å². The van der Waals surface area contributed by atoms with Gasteiger partial charge in [-0.3, -0.25) is 4.99 Å². The second kappa shape index (κ2) is 3.90. The molecule has 0 bridgehead atoms. The first-order valence-electron chi connectivity index (χ1n) is 4.69. The Morgan fingerprint density at radius 3 is 2.33 bits per heavy atom. The van der Waals surface area contributed by atoms with E-state index in [1.54, 1.807) is 0 Å². The topological polar surface area (TPSA) is 50.4 Å². The van der Waals surface area contributed by atoms with E-state index in [4.69, 9.17) is 5.84 Å². The molecule has 0 aromatic rings. The minimum atomic E-state index is 0.440. The van der Waals surface area contributed by atoms with Crippen molar-refractivity contribution in [2.45, 2.75) is 39.7 Å². The van der Waals surface area contributed by atoms with E-state index < -0.39 is 0 Å². The molecule has 1 unspecified atom stereocenters. The van der Waals surface area contributed by atoms with E-state index in [9.17, 15) is 0 Å². The number of hydrogen-bond donors (Lipinski definition) is 2. The molecule has 3 heteroatoms. The summed E-state index contributed by atoms with van der Waals surface area (Å²) in [6, 6.07) is 0.553. The van der Waals surface area contributed by atoms with Crippen molar-refractivity contribution in [2.75, 3.05) is 0 Å². The average Bonchev–Trinajstić information content (AvgIpc) is 2.82. The molecular weight excluding hydrogens is 150 g/mol. The minimum Gasteiger partial charge on any atom is -0.312 e. The Labute approximate surface area is 74.4 Å². The summed E-state index contributed by atoms with van der Waals surface area (Å²) in [5.41, 5.74) is 2.70. The van der Waals surface area contributed by atoms with Crippen molar-refractivity contribution in [2.24, 2.45) is 22.7 Å². The number of aliphatic imine (C=N–C) groups is 1. The van der Waals surface area contributed by atoms with Crippen molar-refractivity contribution in [3.05, 3.63) is 0 Å². The zero-order chi connectivity index (χ0) is 9.14. The molecule has 0 aromatic heterocycles. The molecule has 0 heterocycles. The standard InChI is InChI=1S/C9H19N3/c1-6(2)7(3)9(12-10)11-8-4-5-8/h6-8H,4-5,10H2,1-3H3,(H,11,12). The highest BCUT2D eigenvalue weighted by molar-refractivity contribution is 5.84. The summed E-state index contributed by atoms with van der Waals surface area (Å²) >= 11 is 0. The molecule has 3 N–H and O–H groups in total. The number of nitrogens with two attached hydrogens (primary N) is 1. The first-order valence-corrected chi connectivity index (χ1v) is 4.69. The fraction of sp³-hybridized carbons (Fsp3) is 0.889. The van der Waals surface area contributed by atoms with E-state index in [0.717, 1.165) is 5.84 Å². The number of nitrogens with one attached hydrogen (secondary N) is 1. The highest BCUT2D eigenvalue weighted by Crippen LogP contribution is 2.24. The van der Waals surface area contributed by atoms with Crippen molar-refractivity contribution >= 4 is 5.84 Å². The van der Waals surface area contributed by atoms with Crippen molar-refractivity contribution < 1.29 is 0 Å². The van der Waals surface area contributed by atoms with Gasteiger partial charge in [-0.2, -0.15) is 0 Å². The zero-order valence-electron chi connectivity index (χ0n) is 8.17. The van der Waals surface area contributed by atoms with Crippen molar-refractivity contribution in [3.8, 4) is 0 Å². The quantitative estimate of drug-likeness (QED) is 0.289. The highest BCUT2D eigenvalue weighted by Gasteiger charge is 2.23. The molecule has 1 fully saturated rings. The van der Waals surface area contributed by atoms with Crippen molar-refractivity contribution in [3.63, 3.8) is 0 Å². The van der Waals surface area contributed by atoms with Gasteiger partial charge in [0.05, 0.1) is 6.04 Å². The van der Waals surface area contributed by atoms with Gasteiger partial charge in [-0.1, -0.05) is 20.8 Å². The Hall–Kier alpha value is -0.570. The lowest BCUT2D eigenvalue weighted by atomic mass is 9.97. The Morgan fingerprint density at radius 1 is 1.42 bits per heavy atom. The Bertz CT molecular complexity index is 171. The predicted molar refractivity (Wildman–Crippen MR) is 51.8 cm³/mol. The fourth-order valence-corrected chi connectivity index (χ4v) is 1.00. The third kappa shape index (κ3) is 2.48. The van der Waals surface area contributed by atoms with Crippen LogP contribution in [0.2, 0.25) is 0 Å². The van der Waals surface area contributed by atoms with Crippen LogP contribution in [-0.4, -0.2) is 11.9 Å². The summed E-state index contributed by atoms with van der Waals surface area (Å²) in [5, 5.41) is 0. The summed E-state index contributed by atoms with van der Waals surface area (Å²) in [5.74, 6) is 7.41. The van der Waals surface area contributed by atoms with E-state index in [0.29, 0.717) is 17.9 Å². The monoisotopic (exact) mass is 169 g/mol. The maximum atomic E-state index is 5.41. The van der Waals surface area contributed by atoms with E-state index in [2.05, 4.69) is 31.2 Å². The van der Waals surface area contributed by atoms with Gasteiger partial charge in [0.1, 0.15) is 5.84 Å². The number of hydrogen-bond acceptors (Lipinski definition) is 2. The van der Waals surface area contributed by atoms with Crippen LogP contribution in [0.5, 0.6) is 0 Å². The van der Waals surface area contributed by atoms with E-state index in [1.165, 1.54) is 12.8 Å². The lowest BCUT2D eigenvalue weighted by Gasteiger charge is -2.17. The number of amidine groups is 1. The third-order valence-electron chi connectivity index (χ3n) is 2.45. The Balaban J connectivity index is 2.53. The molecule has 1 saturated carbocycles. The summed E-state index contributed by atoms with van der Waals surface area (Å²) in [6.45, 7) is 6.53. The largest absolute Gasteiger partial charge is 0.312 e. The summed E-state index contributed by atoms with van der Waals surface area (Å²) in [6.07, 6.45) is 2.46. The van der Waals surface area contributed by atoms with Gasteiger partial charge in [0.2, 0.25) is 0 Å². The van der Waals surface area contributed by atoms with Crippen LogP contribution in [0.15, 0.2) is 4.99 Å². The lowest BCUT2D eigenvalue weighted by molar-refractivity contribution is 0.517. The maximum Gasteiger partial charge on any atom is 0.114 e. The van der Waals surface area contributed by atoms with E-state index >= 15 is 0 Å². The first kappa shape index (κ1) is 9.52. The van der Waals surface area contributed by atoms with Crippen LogP contribution in [0.4, 0.5) is 0 Å². The first-order chi connectivity index (χ1) is 5.65. The van der Waals surface area contributed by atoms with Crippen molar-refractivity contribution in [1.82, 2.24) is 5.43 Å². The molecule has 1 rings (SSSR count). The predicted octanol–water partition coefficient (Wildman–Crippen LogP) is 1.30. The lowest BCUT2D eigenvalue weighted by Crippen LogP contribution is -2.37. The van der Waals surface area contributed by atoms with Gasteiger partial charge in [-0.05, 0) is 18.8 Å². The number of hydrazine groups is 1. The molecule has 1 aliphatic carbocycles. The summed E-state index contributed by atoms with van der Waals surface area (Å²) in [7, 11) is 0. The molecule has 0 aromatic carbocycles. The normalized spacial score (nSPS) is 21.2. The smallest absolute Gasteiger partial charge is 0.114 e. The number of rotatable bonds is 3. The van der Waals surface area contributed by atoms with Crippen LogP contribution >= 0.6 is 0 Å². The molecule has 0 spiro atoms. The Morgan fingerprint density at radius 2 is 2.00 bits per heavy atom. The highest BCUT2D eigenvalue weighted by atomic mass is 15.3. The molecular formula is C9H19N3. The van der Waals surface area contributed by atoms with Crippen molar-refractivity contribution in [1.29, 1.82) is 0 Å². The molecule has 0 amide bonds. The molecule has 1 aliphatic rings. The van der Waals surface area contributed by atoms with Gasteiger partial charge >= 0.3 is 0 Å². The molecule has 0 aliphatic heterocycles. The Kier molecular flexibility index (Phi) is 3.09. The molecule has 12 heavy (non-hydrogen) atoms. The van der Waals surface area contributed by atoms with Crippen LogP contribution in [-0.2, 0) is 0 Å². The van der Waals surface area contributed by atoms with Gasteiger partial charge in [-0.15, -0.1) is 0 Å². The average molecular weight is 169 g/mol. The molecule has 0 saturated heterocycles. The summed E-state index contributed by atoms with van der Waals surface area (Å²) < 4.78 is 0. The minimum absolute atomic E-state index is 0.440. The number of nitrogens with zero attached hydrogens (tertiary/aromatic N) is 1. The molecule has 70 valence electrons. The molecule has 0 radical (unpaired) electrons. The second-order valence-corrected chi connectivity index (χ2v) is 3.92. The second-order valence-electron chi connectivity index (χ2n) is 3.92. The van der Waals surface area contributed by atoms with Crippen LogP contribution in [0, 0.1) is 11.8 Å². The fourth-order valence-electron chi connectivity index (χ4n) is 1.00. The SMILES string of the molecule is CC(C)C(C)C(=NC1CC1)NN. The third-order valence-corrected chi connectivity index (χ3v) is 2.45. The zero-order valence-corrected chi connectivity index (χ0v) is 8.17. The van der Waals surface area contributed by atoms with Crippen LogP contribution < -0.4 is 11.3 Å². The summed E-state index contributed by atoms with van der Waals surface area (Å²) in [4.78, 5) is 4.51. The maximum absolute atomic E-state index is 5.41. The van der Waals surface area contributed by atoms with Gasteiger partial charge in [0.25, 0.3) is 0 Å². The van der Waals surface area contributed by atoms with Gasteiger partial charge in [0, 0.05) is 5.92 Å². The van der Waals surface area contributed by atoms with E-state index in [1.807, 2.05) is 0 Å². The van der Waals surface area contributed by atoms with Crippen LogP contribution in [0.25, 0.3) is 0 Å². The molecule has 1 atom stereocenters. The van der Waals surface area contributed by atoms with Gasteiger partial charge in [0.15, 0.2) is 0 Å². The van der Waals surface area contributed by atoms with E-state index in [-0.39, 0.29) is 0 Å². The van der Waals surface area contributed by atoms with Gasteiger partial charge < -0.3 is 5.43 Å².